The molecule has 0 amide bonds. The van der Waals surface area contributed by atoms with E-state index in [-0.39, 0.29) is 5.56 Å². The zero-order valence-electron chi connectivity index (χ0n) is 7.34. The summed E-state index contributed by atoms with van der Waals surface area (Å²) in [7, 11) is 0. The predicted octanol–water partition coefficient (Wildman–Crippen LogP) is 1.28. The van der Waals surface area contributed by atoms with Crippen LogP contribution in [-0.2, 0) is 0 Å². The number of hydrogen-bond donors (Lipinski definition) is 2. The molecule has 2 rings (SSSR count). The summed E-state index contributed by atoms with van der Waals surface area (Å²) >= 11 is 1.43. The van der Waals surface area contributed by atoms with Gasteiger partial charge in [0.15, 0.2) is 5.16 Å². The van der Waals surface area contributed by atoms with Crippen LogP contribution in [0.4, 0.5) is 0 Å². The number of H-pyrrole nitrogens is 2. The van der Waals surface area contributed by atoms with Gasteiger partial charge in [-0.25, -0.2) is 4.98 Å². The third-order valence-electron chi connectivity index (χ3n) is 1.79. The molecule has 0 fully saturated rings. The van der Waals surface area contributed by atoms with Crippen molar-refractivity contribution in [2.24, 2.45) is 0 Å². The second-order valence-electron chi connectivity index (χ2n) is 2.79. The third kappa shape index (κ3) is 1.35. The molecule has 0 unspecified atom stereocenters. The van der Waals surface area contributed by atoms with E-state index in [0.29, 0.717) is 10.7 Å². The molecule has 2 N–H and O–H groups in total. The van der Waals surface area contributed by atoms with E-state index in [9.17, 15) is 4.79 Å². The van der Waals surface area contributed by atoms with Gasteiger partial charge in [-0.3, -0.25) is 9.78 Å². The first-order valence-electron chi connectivity index (χ1n) is 3.84. The number of aryl methyl sites for hydroxylation is 1. The van der Waals surface area contributed by atoms with Gasteiger partial charge in [-0.15, -0.1) is 0 Å². The average Bonchev–Trinajstić information content (AvgIpc) is 2.46. The van der Waals surface area contributed by atoms with E-state index in [1.807, 2.05) is 19.2 Å². The Balaban J connectivity index is 2.83. The molecule has 2 heterocycles. The normalized spacial score (nSPS) is 10.9. The highest BCUT2D eigenvalue weighted by molar-refractivity contribution is 7.98. The first-order valence-corrected chi connectivity index (χ1v) is 5.07. The molecule has 0 radical (unpaired) electrons. The van der Waals surface area contributed by atoms with Crippen molar-refractivity contribution < 1.29 is 0 Å². The predicted molar refractivity (Wildman–Crippen MR) is 53.2 cm³/mol. The van der Waals surface area contributed by atoms with Gasteiger partial charge in [0.1, 0.15) is 5.52 Å². The lowest BCUT2D eigenvalue weighted by Gasteiger charge is -1.93. The molecule has 5 heteroatoms. The molecule has 4 nitrogen and oxygen atoms in total. The first kappa shape index (κ1) is 8.37. The van der Waals surface area contributed by atoms with E-state index in [0.717, 1.165) is 11.2 Å². The molecule has 0 saturated carbocycles. The topological polar surface area (TPSA) is 61.5 Å². The molecule has 0 aliphatic rings. The van der Waals surface area contributed by atoms with Gasteiger partial charge >= 0.3 is 0 Å². The molecular formula is C8H9N3OS. The van der Waals surface area contributed by atoms with Crippen molar-refractivity contribution in [3.63, 3.8) is 0 Å². The number of hydrogen-bond acceptors (Lipinski definition) is 3. The van der Waals surface area contributed by atoms with Crippen LogP contribution >= 0.6 is 11.8 Å². The highest BCUT2D eigenvalue weighted by atomic mass is 32.2. The molecule has 0 aliphatic carbocycles. The Kier molecular flexibility index (Phi) is 1.88. The molecule has 0 spiro atoms. The zero-order valence-corrected chi connectivity index (χ0v) is 8.16. The largest absolute Gasteiger partial charge is 0.353 e. The number of rotatable bonds is 1. The molecule has 0 atom stereocenters. The lowest BCUT2D eigenvalue weighted by atomic mass is 10.4. The molecule has 2 aromatic rings. The zero-order chi connectivity index (χ0) is 9.42. The molecule has 0 saturated heterocycles. The van der Waals surface area contributed by atoms with E-state index in [2.05, 4.69) is 15.0 Å². The van der Waals surface area contributed by atoms with Crippen molar-refractivity contribution in [2.45, 2.75) is 12.1 Å². The molecule has 0 aromatic carbocycles. The lowest BCUT2D eigenvalue weighted by molar-refractivity contribution is 0.975. The number of nitrogens with one attached hydrogen (secondary N) is 2. The van der Waals surface area contributed by atoms with Crippen LogP contribution in [0.2, 0.25) is 0 Å². The van der Waals surface area contributed by atoms with Gasteiger partial charge in [0.25, 0.3) is 5.56 Å². The summed E-state index contributed by atoms with van der Waals surface area (Å²) < 4.78 is 0. The van der Waals surface area contributed by atoms with Crippen molar-refractivity contribution in [3.8, 4) is 0 Å². The maximum absolute atomic E-state index is 11.4. The number of thioether (sulfide) groups is 1. The van der Waals surface area contributed by atoms with Gasteiger partial charge < -0.3 is 4.98 Å². The second kappa shape index (κ2) is 2.92. The number of fused-ring (bicyclic) bond motifs is 1. The Morgan fingerprint density at radius 1 is 1.46 bits per heavy atom. The highest BCUT2D eigenvalue weighted by Gasteiger charge is 2.04. The SMILES string of the molecule is CSc1nc2cc(C)[nH]c2c(=O)[nH]1. The molecule has 13 heavy (non-hydrogen) atoms. The van der Waals surface area contributed by atoms with Crippen molar-refractivity contribution in [1.82, 2.24) is 15.0 Å². The van der Waals surface area contributed by atoms with E-state index in [1.54, 1.807) is 0 Å². The van der Waals surface area contributed by atoms with Gasteiger partial charge in [0.2, 0.25) is 0 Å². The van der Waals surface area contributed by atoms with Crippen molar-refractivity contribution >= 4 is 22.8 Å². The van der Waals surface area contributed by atoms with E-state index < -0.39 is 0 Å². The summed E-state index contributed by atoms with van der Waals surface area (Å²) in [6, 6.07) is 1.87. The standard InChI is InChI=1S/C8H9N3OS/c1-4-3-5-6(9-4)7(12)11-8(10-5)13-2/h3,9H,1-2H3,(H,10,11,12). The van der Waals surface area contributed by atoms with Crippen LogP contribution in [0, 0.1) is 6.92 Å². The van der Waals surface area contributed by atoms with Crippen LogP contribution in [-0.4, -0.2) is 21.2 Å². The van der Waals surface area contributed by atoms with Crippen molar-refractivity contribution in [3.05, 3.63) is 22.1 Å². The molecular weight excluding hydrogens is 186 g/mol. The number of aromatic amines is 2. The molecule has 0 aliphatic heterocycles. The summed E-state index contributed by atoms with van der Waals surface area (Å²) in [6.07, 6.45) is 1.88. The van der Waals surface area contributed by atoms with Crippen LogP contribution in [0.1, 0.15) is 5.69 Å². The van der Waals surface area contributed by atoms with Crippen LogP contribution < -0.4 is 5.56 Å². The van der Waals surface area contributed by atoms with Gasteiger partial charge in [-0.2, -0.15) is 0 Å². The summed E-state index contributed by atoms with van der Waals surface area (Å²) in [5, 5.41) is 0.650. The maximum atomic E-state index is 11.4. The molecule has 68 valence electrons. The minimum atomic E-state index is -0.109. The van der Waals surface area contributed by atoms with Gasteiger partial charge in [0.05, 0.1) is 5.52 Å². The Bertz CT molecular complexity index is 500. The summed E-state index contributed by atoms with van der Waals surface area (Å²) in [5.41, 5.74) is 2.12. The van der Waals surface area contributed by atoms with E-state index in [1.165, 1.54) is 11.8 Å². The Labute approximate surface area is 78.8 Å². The third-order valence-corrected chi connectivity index (χ3v) is 2.37. The number of nitrogens with zero attached hydrogens (tertiary/aromatic N) is 1. The second-order valence-corrected chi connectivity index (χ2v) is 3.58. The van der Waals surface area contributed by atoms with Crippen LogP contribution in [0.3, 0.4) is 0 Å². The Morgan fingerprint density at radius 2 is 2.23 bits per heavy atom. The van der Waals surface area contributed by atoms with Gasteiger partial charge in [-0.1, -0.05) is 11.8 Å². The van der Waals surface area contributed by atoms with E-state index >= 15 is 0 Å². The quantitative estimate of drug-likeness (QED) is 0.532. The smallest absolute Gasteiger partial charge is 0.275 e. The fourth-order valence-electron chi connectivity index (χ4n) is 1.23. The van der Waals surface area contributed by atoms with Crippen LogP contribution in [0.15, 0.2) is 16.0 Å². The van der Waals surface area contributed by atoms with Gasteiger partial charge in [0, 0.05) is 5.69 Å². The van der Waals surface area contributed by atoms with Crippen LogP contribution in [0.25, 0.3) is 11.0 Å². The monoisotopic (exact) mass is 195 g/mol. The summed E-state index contributed by atoms with van der Waals surface area (Å²) in [4.78, 5) is 21.3. The minimum Gasteiger partial charge on any atom is -0.353 e. The minimum absolute atomic E-state index is 0.109. The number of aromatic nitrogens is 3. The Hall–Kier alpha value is -1.23. The fourth-order valence-corrected chi connectivity index (χ4v) is 1.61. The lowest BCUT2D eigenvalue weighted by Crippen LogP contribution is -2.08. The van der Waals surface area contributed by atoms with Crippen LogP contribution in [0.5, 0.6) is 0 Å². The van der Waals surface area contributed by atoms with Crippen molar-refractivity contribution in [2.75, 3.05) is 6.26 Å². The van der Waals surface area contributed by atoms with Crippen molar-refractivity contribution in [1.29, 1.82) is 0 Å². The summed E-state index contributed by atoms with van der Waals surface area (Å²) in [6.45, 7) is 1.90. The molecule has 2 aromatic heterocycles. The highest BCUT2D eigenvalue weighted by Crippen LogP contribution is 2.12. The summed E-state index contributed by atoms with van der Waals surface area (Å²) in [5.74, 6) is 0. The molecule has 0 bridgehead atoms. The average molecular weight is 195 g/mol. The maximum Gasteiger partial charge on any atom is 0.275 e. The van der Waals surface area contributed by atoms with Gasteiger partial charge in [-0.05, 0) is 19.2 Å². The first-order chi connectivity index (χ1) is 6.20. The Morgan fingerprint density at radius 3 is 2.92 bits per heavy atom. The van der Waals surface area contributed by atoms with E-state index in [4.69, 9.17) is 0 Å². The fraction of sp³-hybridized carbons (Fsp3) is 0.250.